The zero-order chi connectivity index (χ0) is 26.7. The van der Waals surface area contributed by atoms with Gasteiger partial charge in [0.25, 0.3) is 0 Å². The van der Waals surface area contributed by atoms with Crippen LogP contribution in [0.2, 0.25) is 0 Å². The fourth-order valence-electron chi connectivity index (χ4n) is 7.23. The summed E-state index contributed by atoms with van der Waals surface area (Å²) in [5.74, 6) is 0. The molecular formula is C36H21N5. The molecule has 4 aromatic carbocycles. The number of fused-ring (bicyclic) bond motifs is 16. The molecule has 10 rings (SSSR count). The number of hydrogen-bond donors (Lipinski definition) is 0. The minimum absolute atomic E-state index is 0.747. The SMILES string of the molecule is c1ccc(-n2c3ccc4c5cnccc5n5c6cccnc6nc5c4c3c3ccc4c(c32)-c2ccccc2C4)cc1. The third-order valence-electron chi connectivity index (χ3n) is 8.85. The van der Waals surface area contributed by atoms with Gasteiger partial charge in [0.15, 0.2) is 5.65 Å². The normalized spacial score (nSPS) is 12.8. The molecular weight excluding hydrogens is 502 g/mol. The predicted octanol–water partition coefficient (Wildman–Crippen LogP) is 8.25. The first-order valence-electron chi connectivity index (χ1n) is 13.9. The summed E-state index contributed by atoms with van der Waals surface area (Å²) in [4.78, 5) is 14.4. The summed E-state index contributed by atoms with van der Waals surface area (Å²) in [6.45, 7) is 0. The fraction of sp³-hybridized carbons (Fsp3) is 0.0278. The molecule has 5 nitrogen and oxygen atoms in total. The van der Waals surface area contributed by atoms with Gasteiger partial charge in [-0.05, 0) is 64.9 Å². The van der Waals surface area contributed by atoms with Crippen molar-refractivity contribution >= 4 is 60.3 Å². The van der Waals surface area contributed by atoms with Gasteiger partial charge in [0.1, 0.15) is 5.65 Å². The van der Waals surface area contributed by atoms with Crippen molar-refractivity contribution in [3.63, 3.8) is 0 Å². The molecule has 5 heterocycles. The molecule has 1 aliphatic rings. The Morgan fingerprint density at radius 2 is 1.49 bits per heavy atom. The number of nitrogens with zero attached hydrogens (tertiary/aromatic N) is 5. The quantitative estimate of drug-likeness (QED) is 0.204. The summed E-state index contributed by atoms with van der Waals surface area (Å²) in [6.07, 6.45) is 6.61. The van der Waals surface area contributed by atoms with Crippen LogP contribution in [0.1, 0.15) is 11.1 Å². The molecule has 0 bridgehead atoms. The lowest BCUT2D eigenvalue weighted by Crippen LogP contribution is -1.96. The number of benzene rings is 4. The van der Waals surface area contributed by atoms with Gasteiger partial charge in [-0.1, -0.05) is 60.7 Å². The highest BCUT2D eigenvalue weighted by Crippen LogP contribution is 2.48. The van der Waals surface area contributed by atoms with Gasteiger partial charge in [0, 0.05) is 51.4 Å². The van der Waals surface area contributed by atoms with Crippen LogP contribution in [0.5, 0.6) is 0 Å². The largest absolute Gasteiger partial charge is 0.309 e. The Morgan fingerprint density at radius 1 is 0.610 bits per heavy atom. The summed E-state index contributed by atoms with van der Waals surface area (Å²) in [7, 11) is 0. The summed E-state index contributed by atoms with van der Waals surface area (Å²) >= 11 is 0. The predicted molar refractivity (Wildman–Crippen MR) is 166 cm³/mol. The number of para-hydroxylation sites is 1. The van der Waals surface area contributed by atoms with Crippen LogP contribution in [0.4, 0.5) is 0 Å². The van der Waals surface area contributed by atoms with E-state index in [1.165, 1.54) is 44.1 Å². The van der Waals surface area contributed by atoms with Gasteiger partial charge in [-0.25, -0.2) is 9.97 Å². The van der Waals surface area contributed by atoms with Crippen LogP contribution >= 0.6 is 0 Å². The van der Waals surface area contributed by atoms with Crippen molar-refractivity contribution in [3.05, 3.63) is 127 Å². The Labute approximate surface area is 234 Å². The second kappa shape index (κ2) is 7.55. The summed E-state index contributed by atoms with van der Waals surface area (Å²) in [6, 6.07) is 34.9. The zero-order valence-corrected chi connectivity index (χ0v) is 21.9. The smallest absolute Gasteiger partial charge is 0.178 e. The third-order valence-corrected chi connectivity index (χ3v) is 8.85. The van der Waals surface area contributed by atoms with E-state index in [9.17, 15) is 0 Å². The van der Waals surface area contributed by atoms with Gasteiger partial charge >= 0.3 is 0 Å². The van der Waals surface area contributed by atoms with E-state index in [0.717, 1.165) is 50.6 Å². The van der Waals surface area contributed by atoms with Crippen LogP contribution in [0, 0.1) is 0 Å². The van der Waals surface area contributed by atoms with Crippen LogP contribution in [0.3, 0.4) is 0 Å². The maximum Gasteiger partial charge on any atom is 0.178 e. The highest BCUT2D eigenvalue weighted by atomic mass is 15.1. The first kappa shape index (κ1) is 21.3. The van der Waals surface area contributed by atoms with Gasteiger partial charge < -0.3 is 4.57 Å². The van der Waals surface area contributed by atoms with E-state index in [2.05, 4.69) is 110 Å². The number of aromatic nitrogens is 5. The lowest BCUT2D eigenvalue weighted by molar-refractivity contribution is 1.18. The van der Waals surface area contributed by atoms with Crippen molar-refractivity contribution < 1.29 is 0 Å². The van der Waals surface area contributed by atoms with Gasteiger partial charge in [0.2, 0.25) is 0 Å². The van der Waals surface area contributed by atoms with Crippen LogP contribution < -0.4 is 0 Å². The molecule has 0 fully saturated rings. The standard InChI is InChI=1S/C36H21N5/c1-2-8-23(9-3-1)40-29-15-14-25-27-20-37-18-16-28(27)41-30-11-6-17-38-35(30)39-36(41)33(25)32(29)26-13-12-22-19-21-7-4-5-10-24(21)31(22)34(26)40/h1-18,20H,19H2. The van der Waals surface area contributed by atoms with E-state index in [1.807, 2.05) is 24.7 Å². The van der Waals surface area contributed by atoms with Crippen LogP contribution in [0.25, 0.3) is 77.1 Å². The minimum atomic E-state index is 0.747. The third kappa shape index (κ3) is 2.63. The monoisotopic (exact) mass is 523 g/mol. The number of hydrogen-bond acceptors (Lipinski definition) is 3. The van der Waals surface area contributed by atoms with Gasteiger partial charge in [-0.2, -0.15) is 0 Å². The lowest BCUT2D eigenvalue weighted by Gasteiger charge is -2.12. The van der Waals surface area contributed by atoms with E-state index in [4.69, 9.17) is 4.98 Å². The number of imidazole rings is 1. The van der Waals surface area contributed by atoms with Crippen LogP contribution in [-0.2, 0) is 6.42 Å². The average Bonchev–Trinajstić information content (AvgIpc) is 3.71. The van der Waals surface area contributed by atoms with Gasteiger partial charge in [-0.15, -0.1) is 0 Å². The molecule has 0 N–H and O–H groups in total. The van der Waals surface area contributed by atoms with E-state index >= 15 is 0 Å². The molecule has 9 aromatic rings. The maximum absolute atomic E-state index is 5.16. The average molecular weight is 524 g/mol. The van der Waals surface area contributed by atoms with E-state index in [-0.39, 0.29) is 0 Å². The summed E-state index contributed by atoms with van der Waals surface area (Å²) in [5, 5.41) is 5.82. The molecule has 0 spiro atoms. The minimum Gasteiger partial charge on any atom is -0.309 e. The molecule has 190 valence electrons. The molecule has 5 heteroatoms. The van der Waals surface area contributed by atoms with Gasteiger partial charge in [0.05, 0.1) is 22.1 Å². The molecule has 1 aliphatic carbocycles. The maximum atomic E-state index is 5.16. The second-order valence-electron chi connectivity index (χ2n) is 10.9. The molecule has 0 saturated heterocycles. The van der Waals surface area contributed by atoms with Crippen molar-refractivity contribution in [2.75, 3.05) is 0 Å². The Kier molecular flexibility index (Phi) is 3.92. The van der Waals surface area contributed by atoms with Crippen molar-refractivity contribution in [2.45, 2.75) is 6.42 Å². The Hall–Kier alpha value is -5.55. The molecule has 0 atom stereocenters. The topological polar surface area (TPSA) is 48.0 Å². The molecule has 5 aromatic heterocycles. The Balaban J connectivity index is 1.52. The van der Waals surface area contributed by atoms with Gasteiger partial charge in [-0.3, -0.25) is 9.38 Å². The number of pyridine rings is 3. The fourth-order valence-corrected chi connectivity index (χ4v) is 7.23. The molecule has 0 amide bonds. The van der Waals surface area contributed by atoms with Crippen molar-refractivity contribution in [2.24, 2.45) is 0 Å². The first-order chi connectivity index (χ1) is 20.4. The van der Waals surface area contributed by atoms with Crippen LogP contribution in [-0.4, -0.2) is 23.9 Å². The number of rotatable bonds is 1. The Morgan fingerprint density at radius 3 is 2.44 bits per heavy atom. The molecule has 0 saturated carbocycles. The van der Waals surface area contributed by atoms with E-state index < -0.39 is 0 Å². The van der Waals surface area contributed by atoms with E-state index in [0.29, 0.717) is 0 Å². The molecule has 0 aliphatic heterocycles. The zero-order valence-electron chi connectivity index (χ0n) is 21.9. The first-order valence-corrected chi connectivity index (χ1v) is 13.9. The van der Waals surface area contributed by atoms with E-state index in [1.54, 1.807) is 0 Å². The van der Waals surface area contributed by atoms with Crippen molar-refractivity contribution in [1.29, 1.82) is 0 Å². The Bertz CT molecular complexity index is 2550. The lowest BCUT2D eigenvalue weighted by atomic mass is 9.99. The molecule has 41 heavy (non-hydrogen) atoms. The summed E-state index contributed by atoms with van der Waals surface area (Å²) in [5.41, 5.74) is 12.7. The van der Waals surface area contributed by atoms with Crippen molar-refractivity contribution in [3.8, 4) is 16.8 Å². The second-order valence-corrected chi connectivity index (χ2v) is 10.9. The highest BCUT2D eigenvalue weighted by Gasteiger charge is 2.27. The van der Waals surface area contributed by atoms with Crippen molar-refractivity contribution in [1.82, 2.24) is 23.9 Å². The molecule has 0 unspecified atom stereocenters. The highest BCUT2D eigenvalue weighted by molar-refractivity contribution is 6.30. The van der Waals surface area contributed by atoms with Crippen LogP contribution in [0.15, 0.2) is 116 Å². The summed E-state index contributed by atoms with van der Waals surface area (Å²) < 4.78 is 4.71. The molecule has 0 radical (unpaired) electrons.